The Bertz CT molecular complexity index is 1270. The van der Waals surface area contributed by atoms with Crippen molar-refractivity contribution in [2.24, 2.45) is 0 Å². The monoisotopic (exact) mass is 562 g/mol. The summed E-state index contributed by atoms with van der Waals surface area (Å²) in [6.07, 6.45) is 2.12. The van der Waals surface area contributed by atoms with Crippen molar-refractivity contribution < 1.29 is 27.5 Å². The van der Waals surface area contributed by atoms with Crippen molar-refractivity contribution in [3.63, 3.8) is 0 Å². The highest BCUT2D eigenvalue weighted by molar-refractivity contribution is 8.06. The van der Waals surface area contributed by atoms with Gasteiger partial charge in [-0.05, 0) is 77.5 Å². The van der Waals surface area contributed by atoms with Crippen molar-refractivity contribution in [3.05, 3.63) is 87.8 Å². The van der Waals surface area contributed by atoms with Crippen LogP contribution >= 0.6 is 21.0 Å². The summed E-state index contributed by atoms with van der Waals surface area (Å²) in [5.41, 5.74) is 1.30. The third-order valence-corrected chi connectivity index (χ3v) is 7.43. The molecule has 1 unspecified atom stereocenters. The maximum atomic E-state index is 13.1. The Balaban J connectivity index is 1.67. The molecular weight excluding hydrogens is 532 g/mol. The number of amides is 2. The Morgan fingerprint density at radius 2 is 1.89 bits per heavy atom. The Morgan fingerprint density at radius 3 is 2.53 bits per heavy atom. The maximum Gasteiger partial charge on any atom is 0.417 e. The molecule has 2 aromatic rings. The van der Waals surface area contributed by atoms with Gasteiger partial charge in [0.05, 0.1) is 17.0 Å². The third-order valence-electron chi connectivity index (χ3n) is 5.82. The fraction of sp³-hybridized carbons (Fsp3) is 0.286. The van der Waals surface area contributed by atoms with Crippen molar-refractivity contribution in [1.82, 2.24) is 10.2 Å². The molecule has 0 radical (unpaired) electrons. The molecular formula is C28H30F3N2O3PS. The summed E-state index contributed by atoms with van der Waals surface area (Å²) in [6.45, 7) is 8.26. The van der Waals surface area contributed by atoms with Crippen LogP contribution in [0.3, 0.4) is 0 Å². The van der Waals surface area contributed by atoms with Gasteiger partial charge in [0.2, 0.25) is 11.8 Å². The summed E-state index contributed by atoms with van der Waals surface area (Å²) in [5, 5.41) is 3.43. The largest absolute Gasteiger partial charge is 0.457 e. The smallest absolute Gasteiger partial charge is 0.417 e. The summed E-state index contributed by atoms with van der Waals surface area (Å²) in [6, 6.07) is 9.16. The third kappa shape index (κ3) is 7.98. The van der Waals surface area contributed by atoms with Gasteiger partial charge in [0, 0.05) is 13.1 Å². The lowest BCUT2D eigenvalue weighted by Crippen LogP contribution is -2.36. The van der Waals surface area contributed by atoms with E-state index < -0.39 is 11.7 Å². The number of carbonyl (C=O) groups is 2. The summed E-state index contributed by atoms with van der Waals surface area (Å²) < 4.78 is 45.0. The molecule has 1 aliphatic rings. The first-order valence-corrected chi connectivity index (χ1v) is 13.4. The van der Waals surface area contributed by atoms with Gasteiger partial charge in [-0.3, -0.25) is 9.59 Å². The molecule has 38 heavy (non-hydrogen) atoms. The normalized spacial score (nSPS) is 14.1. The van der Waals surface area contributed by atoms with E-state index in [1.807, 2.05) is 38.1 Å². The summed E-state index contributed by atoms with van der Waals surface area (Å²) in [4.78, 5) is 27.5. The fourth-order valence-electron chi connectivity index (χ4n) is 3.88. The highest BCUT2D eigenvalue weighted by Gasteiger charge is 2.32. The predicted octanol–water partition coefficient (Wildman–Crippen LogP) is 6.46. The number of allylic oxidation sites excluding steroid dienone is 2. The van der Waals surface area contributed by atoms with Crippen molar-refractivity contribution in [3.8, 4) is 11.5 Å². The molecule has 0 saturated heterocycles. The van der Waals surface area contributed by atoms with Crippen LogP contribution in [0.5, 0.6) is 11.5 Å². The molecule has 0 aliphatic carbocycles. The minimum absolute atomic E-state index is 0.00313. The molecule has 2 aromatic carbocycles. The van der Waals surface area contributed by atoms with E-state index in [1.54, 1.807) is 11.0 Å². The second-order valence-electron chi connectivity index (χ2n) is 8.55. The first-order valence-electron chi connectivity index (χ1n) is 12.0. The molecule has 1 aliphatic heterocycles. The van der Waals surface area contributed by atoms with Gasteiger partial charge in [-0.25, -0.2) is 0 Å². The van der Waals surface area contributed by atoms with Gasteiger partial charge >= 0.3 is 6.18 Å². The van der Waals surface area contributed by atoms with E-state index in [1.165, 1.54) is 30.0 Å². The van der Waals surface area contributed by atoms with Crippen molar-refractivity contribution >= 4 is 38.1 Å². The number of alkyl halides is 3. The van der Waals surface area contributed by atoms with Crippen LogP contribution in [0.15, 0.2) is 71.1 Å². The molecule has 3 rings (SSSR count). The zero-order valence-electron chi connectivity index (χ0n) is 21.2. The standard InChI is InChI=1S/C28H30F3N2O3PS/c1-4-7-26(32-25(34)6-3)38-22(5-2)16-27(35)33-13-12-18-8-9-20(14-19(18)17-33)36-21-10-11-23(24(37)15-21)28(29,30)31/h5-11,14-15H,3-4,12-13,16-17,37H2,1-2H3,(H,32,34)/b22-5-,26-7+. The molecule has 0 fully saturated rings. The number of ether oxygens (including phenoxy) is 1. The van der Waals surface area contributed by atoms with E-state index in [9.17, 15) is 22.8 Å². The minimum atomic E-state index is -4.43. The number of fused-ring (bicyclic) bond motifs is 1. The van der Waals surface area contributed by atoms with Crippen LogP contribution < -0.4 is 15.4 Å². The zero-order chi connectivity index (χ0) is 27.9. The second kappa shape index (κ2) is 13.2. The quantitative estimate of drug-likeness (QED) is 0.282. The Labute approximate surface area is 227 Å². The number of halogens is 3. The van der Waals surface area contributed by atoms with Gasteiger partial charge in [0.15, 0.2) is 0 Å². The predicted molar refractivity (Wildman–Crippen MR) is 149 cm³/mol. The van der Waals surface area contributed by atoms with Crippen molar-refractivity contribution in [2.75, 3.05) is 6.54 Å². The zero-order valence-corrected chi connectivity index (χ0v) is 23.2. The molecule has 10 heteroatoms. The number of hydrogen-bond acceptors (Lipinski definition) is 4. The highest BCUT2D eigenvalue weighted by Crippen LogP contribution is 2.33. The lowest BCUT2D eigenvalue weighted by molar-refractivity contribution is -0.136. The van der Waals surface area contributed by atoms with Crippen LogP contribution in [0.4, 0.5) is 13.2 Å². The average Bonchev–Trinajstić information content (AvgIpc) is 2.87. The number of nitrogens with zero attached hydrogens (tertiary/aromatic N) is 1. The summed E-state index contributed by atoms with van der Waals surface area (Å²) >= 11 is 1.35. The van der Waals surface area contributed by atoms with Crippen molar-refractivity contribution in [2.45, 2.75) is 45.8 Å². The molecule has 1 heterocycles. The molecule has 0 aromatic heterocycles. The molecule has 1 atom stereocenters. The number of carbonyl (C=O) groups excluding carboxylic acids is 2. The van der Waals surface area contributed by atoms with Gasteiger partial charge in [0.1, 0.15) is 11.5 Å². The molecule has 0 saturated carbocycles. The lowest BCUT2D eigenvalue weighted by Gasteiger charge is -2.29. The lowest BCUT2D eigenvalue weighted by atomic mass is 9.99. The van der Waals surface area contributed by atoms with E-state index in [2.05, 4.69) is 21.1 Å². The average molecular weight is 563 g/mol. The van der Waals surface area contributed by atoms with Crippen LogP contribution in [0.2, 0.25) is 0 Å². The Hall–Kier alpha value is -3.03. The first-order chi connectivity index (χ1) is 18.0. The molecule has 0 bridgehead atoms. The van der Waals surface area contributed by atoms with Crippen LogP contribution in [-0.4, -0.2) is 23.3 Å². The van der Waals surface area contributed by atoms with E-state index in [4.69, 9.17) is 4.74 Å². The molecule has 5 nitrogen and oxygen atoms in total. The van der Waals surface area contributed by atoms with Gasteiger partial charge in [0.25, 0.3) is 0 Å². The topological polar surface area (TPSA) is 58.6 Å². The molecule has 1 N–H and O–H groups in total. The van der Waals surface area contributed by atoms with Crippen molar-refractivity contribution in [1.29, 1.82) is 0 Å². The maximum absolute atomic E-state index is 13.1. The molecule has 0 spiro atoms. The minimum Gasteiger partial charge on any atom is -0.457 e. The molecule has 2 amide bonds. The Kier molecular flexibility index (Phi) is 10.2. The van der Waals surface area contributed by atoms with Crippen LogP contribution in [0, 0.1) is 0 Å². The van der Waals surface area contributed by atoms with Crippen LogP contribution in [-0.2, 0) is 28.7 Å². The summed E-state index contributed by atoms with van der Waals surface area (Å²) in [7, 11) is 2.10. The second-order valence-corrected chi connectivity index (χ2v) is 10.3. The van der Waals surface area contributed by atoms with Crippen LogP contribution in [0.1, 0.15) is 43.4 Å². The van der Waals surface area contributed by atoms with Gasteiger partial charge in [-0.1, -0.05) is 43.5 Å². The number of benzene rings is 2. The summed E-state index contributed by atoms with van der Waals surface area (Å²) in [5.74, 6) is 0.429. The van der Waals surface area contributed by atoms with E-state index in [0.717, 1.165) is 28.5 Å². The number of hydrogen-bond donors (Lipinski definition) is 1. The number of rotatable bonds is 9. The molecule has 202 valence electrons. The number of nitrogens with one attached hydrogen (secondary N) is 1. The number of thioether (sulfide) groups is 1. The first kappa shape index (κ1) is 29.5. The highest BCUT2D eigenvalue weighted by atomic mass is 32.2. The van der Waals surface area contributed by atoms with E-state index >= 15 is 0 Å². The van der Waals surface area contributed by atoms with E-state index in [-0.39, 0.29) is 23.5 Å². The van der Waals surface area contributed by atoms with Crippen LogP contribution in [0.25, 0.3) is 0 Å². The van der Waals surface area contributed by atoms with E-state index in [0.29, 0.717) is 36.0 Å². The van der Waals surface area contributed by atoms with Gasteiger partial charge < -0.3 is 15.0 Å². The Morgan fingerprint density at radius 1 is 1.18 bits per heavy atom. The fourth-order valence-corrected chi connectivity index (χ4v) is 5.31. The van der Waals surface area contributed by atoms with Gasteiger partial charge in [-0.2, -0.15) is 13.2 Å². The van der Waals surface area contributed by atoms with Gasteiger partial charge in [-0.15, -0.1) is 9.24 Å². The SMILES string of the molecule is C=CC(=O)N/C(=C\CC)S/C(=C\C)CC(=O)N1CCc2ccc(Oc3ccc(C(F)(F)F)c(P)c3)cc2C1.